The maximum atomic E-state index is 11.9. The van der Waals surface area contributed by atoms with Gasteiger partial charge in [0, 0.05) is 31.9 Å². The minimum absolute atomic E-state index is 0.234. The molecule has 0 saturated heterocycles. The van der Waals surface area contributed by atoms with Crippen molar-refractivity contribution in [3.05, 3.63) is 41.9 Å². The molecular formula is C14H18N4O2. The summed E-state index contributed by atoms with van der Waals surface area (Å²) in [5, 5.41) is 5.95. The number of hydrogen-bond donors (Lipinski definition) is 2. The number of pyridine rings is 1. The highest BCUT2D eigenvalue weighted by Crippen LogP contribution is 2.10. The van der Waals surface area contributed by atoms with Crippen molar-refractivity contribution in [2.75, 3.05) is 18.4 Å². The van der Waals surface area contributed by atoms with E-state index in [2.05, 4.69) is 20.6 Å². The number of carbonyl (C=O) groups excluding carboxylic acids is 1. The number of amides is 1. The second-order valence-corrected chi connectivity index (χ2v) is 4.30. The molecule has 6 nitrogen and oxygen atoms in total. The predicted octanol–water partition coefficient (Wildman–Crippen LogP) is 1.78. The first-order valence-electron chi connectivity index (χ1n) is 6.59. The van der Waals surface area contributed by atoms with Crippen molar-refractivity contribution in [3.63, 3.8) is 0 Å². The molecule has 0 spiro atoms. The first kappa shape index (κ1) is 14.0. The minimum Gasteiger partial charge on any atom is -0.435 e. The smallest absolute Gasteiger partial charge is 0.289 e. The standard InChI is InChI=1S/C14H18N4O2/c1-3-12-18-10(2)13(20-12)14(19)17-8-7-16-11-5-4-6-15-9-11/h4-6,9,16H,3,7-8H2,1-2H3,(H,17,19). The fourth-order valence-electron chi connectivity index (χ4n) is 1.74. The molecule has 0 aliphatic carbocycles. The molecule has 1 amide bonds. The fourth-order valence-corrected chi connectivity index (χ4v) is 1.74. The van der Waals surface area contributed by atoms with Gasteiger partial charge in [0.05, 0.1) is 11.4 Å². The van der Waals surface area contributed by atoms with Crippen LogP contribution in [0.3, 0.4) is 0 Å². The molecule has 2 aromatic heterocycles. The quantitative estimate of drug-likeness (QED) is 0.785. The number of rotatable bonds is 6. The van der Waals surface area contributed by atoms with Gasteiger partial charge >= 0.3 is 0 Å². The molecule has 0 bridgehead atoms. The molecule has 0 saturated carbocycles. The van der Waals surface area contributed by atoms with Crippen LogP contribution in [0.15, 0.2) is 28.9 Å². The number of anilines is 1. The summed E-state index contributed by atoms with van der Waals surface area (Å²) in [6.45, 7) is 4.82. The Balaban J connectivity index is 1.79. The Morgan fingerprint density at radius 1 is 1.40 bits per heavy atom. The predicted molar refractivity (Wildman–Crippen MR) is 75.7 cm³/mol. The first-order valence-corrected chi connectivity index (χ1v) is 6.59. The molecule has 0 atom stereocenters. The van der Waals surface area contributed by atoms with E-state index in [0.29, 0.717) is 36.9 Å². The fraction of sp³-hybridized carbons (Fsp3) is 0.357. The third-order valence-corrected chi connectivity index (χ3v) is 2.75. The Hall–Kier alpha value is -2.37. The van der Waals surface area contributed by atoms with Crippen LogP contribution in [0.25, 0.3) is 0 Å². The summed E-state index contributed by atoms with van der Waals surface area (Å²) in [7, 11) is 0. The van der Waals surface area contributed by atoms with Gasteiger partial charge < -0.3 is 15.1 Å². The van der Waals surface area contributed by atoms with E-state index in [4.69, 9.17) is 4.42 Å². The first-order chi connectivity index (χ1) is 9.70. The number of aryl methyl sites for hydroxylation is 2. The van der Waals surface area contributed by atoms with E-state index in [1.165, 1.54) is 0 Å². The van der Waals surface area contributed by atoms with Crippen molar-refractivity contribution < 1.29 is 9.21 Å². The second kappa shape index (κ2) is 6.70. The number of nitrogens with zero attached hydrogens (tertiary/aromatic N) is 2. The summed E-state index contributed by atoms with van der Waals surface area (Å²) < 4.78 is 5.39. The van der Waals surface area contributed by atoms with Crippen LogP contribution in [0, 0.1) is 6.92 Å². The monoisotopic (exact) mass is 274 g/mol. The summed E-state index contributed by atoms with van der Waals surface area (Å²) in [4.78, 5) is 20.1. The third-order valence-electron chi connectivity index (χ3n) is 2.75. The lowest BCUT2D eigenvalue weighted by Crippen LogP contribution is -2.28. The van der Waals surface area contributed by atoms with Crippen molar-refractivity contribution in [3.8, 4) is 0 Å². The van der Waals surface area contributed by atoms with Gasteiger partial charge in [-0.05, 0) is 19.1 Å². The maximum Gasteiger partial charge on any atom is 0.289 e. The van der Waals surface area contributed by atoms with Crippen LogP contribution in [0.4, 0.5) is 5.69 Å². The van der Waals surface area contributed by atoms with E-state index >= 15 is 0 Å². The molecule has 2 N–H and O–H groups in total. The van der Waals surface area contributed by atoms with E-state index in [9.17, 15) is 4.79 Å². The van der Waals surface area contributed by atoms with Crippen molar-refractivity contribution in [2.45, 2.75) is 20.3 Å². The van der Waals surface area contributed by atoms with Gasteiger partial charge in [-0.25, -0.2) is 4.98 Å². The van der Waals surface area contributed by atoms with Gasteiger partial charge in [-0.3, -0.25) is 9.78 Å². The van der Waals surface area contributed by atoms with Crippen LogP contribution in [-0.2, 0) is 6.42 Å². The van der Waals surface area contributed by atoms with Crippen LogP contribution < -0.4 is 10.6 Å². The normalized spacial score (nSPS) is 10.3. The lowest BCUT2D eigenvalue weighted by molar-refractivity contribution is 0.0925. The molecule has 2 rings (SSSR count). The molecule has 0 aliphatic heterocycles. The van der Waals surface area contributed by atoms with Crippen LogP contribution in [0.1, 0.15) is 29.1 Å². The summed E-state index contributed by atoms with van der Waals surface area (Å²) in [6, 6.07) is 3.77. The lowest BCUT2D eigenvalue weighted by Gasteiger charge is -2.06. The number of carbonyl (C=O) groups is 1. The summed E-state index contributed by atoms with van der Waals surface area (Å²) in [5.74, 6) is 0.645. The Bertz CT molecular complexity index is 566. The van der Waals surface area contributed by atoms with E-state index in [0.717, 1.165) is 5.69 Å². The Labute approximate surface area is 117 Å². The highest BCUT2D eigenvalue weighted by molar-refractivity contribution is 5.92. The molecule has 0 aromatic carbocycles. The number of oxazole rings is 1. The van der Waals surface area contributed by atoms with Gasteiger partial charge in [-0.15, -0.1) is 0 Å². The van der Waals surface area contributed by atoms with Crippen molar-refractivity contribution in [2.24, 2.45) is 0 Å². The number of aromatic nitrogens is 2. The zero-order chi connectivity index (χ0) is 14.4. The van der Waals surface area contributed by atoms with E-state index in [1.54, 1.807) is 19.3 Å². The van der Waals surface area contributed by atoms with Crippen LogP contribution in [0.5, 0.6) is 0 Å². The average Bonchev–Trinajstić information content (AvgIpc) is 2.86. The van der Waals surface area contributed by atoms with E-state index in [1.807, 2.05) is 19.1 Å². The van der Waals surface area contributed by atoms with E-state index < -0.39 is 0 Å². The molecule has 6 heteroatoms. The topological polar surface area (TPSA) is 80.0 Å². The third kappa shape index (κ3) is 3.57. The summed E-state index contributed by atoms with van der Waals surface area (Å²) in [6.07, 6.45) is 4.12. The number of nitrogens with one attached hydrogen (secondary N) is 2. The largest absolute Gasteiger partial charge is 0.435 e. The average molecular weight is 274 g/mol. The Morgan fingerprint density at radius 2 is 2.25 bits per heavy atom. The zero-order valence-electron chi connectivity index (χ0n) is 11.6. The van der Waals surface area contributed by atoms with Gasteiger partial charge in [-0.1, -0.05) is 6.92 Å². The molecule has 0 fully saturated rings. The van der Waals surface area contributed by atoms with Crippen molar-refractivity contribution in [1.29, 1.82) is 0 Å². The van der Waals surface area contributed by atoms with Gasteiger partial charge in [0.1, 0.15) is 0 Å². The molecular weight excluding hydrogens is 256 g/mol. The molecule has 2 heterocycles. The molecule has 106 valence electrons. The van der Waals surface area contributed by atoms with Gasteiger partial charge in [0.2, 0.25) is 5.76 Å². The van der Waals surface area contributed by atoms with Crippen molar-refractivity contribution >= 4 is 11.6 Å². The van der Waals surface area contributed by atoms with Crippen LogP contribution in [0.2, 0.25) is 0 Å². The van der Waals surface area contributed by atoms with Crippen LogP contribution in [-0.4, -0.2) is 29.0 Å². The summed E-state index contributed by atoms with van der Waals surface area (Å²) >= 11 is 0. The molecule has 20 heavy (non-hydrogen) atoms. The molecule has 0 unspecified atom stereocenters. The highest BCUT2D eigenvalue weighted by atomic mass is 16.4. The molecule has 0 radical (unpaired) electrons. The van der Waals surface area contributed by atoms with Crippen molar-refractivity contribution in [1.82, 2.24) is 15.3 Å². The Kier molecular flexibility index (Phi) is 4.70. The SMILES string of the molecule is CCc1nc(C)c(C(=O)NCCNc2cccnc2)o1. The number of hydrogen-bond acceptors (Lipinski definition) is 5. The second-order valence-electron chi connectivity index (χ2n) is 4.30. The van der Waals surface area contributed by atoms with E-state index in [-0.39, 0.29) is 5.91 Å². The summed E-state index contributed by atoms with van der Waals surface area (Å²) in [5.41, 5.74) is 1.55. The Morgan fingerprint density at radius 3 is 2.90 bits per heavy atom. The lowest BCUT2D eigenvalue weighted by atomic mass is 10.3. The maximum absolute atomic E-state index is 11.9. The molecule has 0 aliphatic rings. The van der Waals surface area contributed by atoms with Gasteiger partial charge in [0.25, 0.3) is 5.91 Å². The van der Waals surface area contributed by atoms with Gasteiger partial charge in [0.15, 0.2) is 5.89 Å². The van der Waals surface area contributed by atoms with Gasteiger partial charge in [-0.2, -0.15) is 0 Å². The molecule has 2 aromatic rings. The highest BCUT2D eigenvalue weighted by Gasteiger charge is 2.15. The van der Waals surface area contributed by atoms with Crippen LogP contribution >= 0.6 is 0 Å². The minimum atomic E-state index is -0.234. The zero-order valence-corrected chi connectivity index (χ0v) is 11.6.